The number of hydrogen-bond donors (Lipinski definition) is 3. The van der Waals surface area contributed by atoms with Crippen molar-refractivity contribution in [2.75, 3.05) is 39.6 Å². The first-order chi connectivity index (χ1) is 47.9. The third kappa shape index (κ3) is 71.5. The molecule has 0 saturated heterocycles. The summed E-state index contributed by atoms with van der Waals surface area (Å²) < 4.78 is 68.5. The van der Waals surface area contributed by atoms with E-state index in [1.165, 1.54) is 225 Å². The van der Waals surface area contributed by atoms with Crippen LogP contribution in [0.4, 0.5) is 0 Å². The van der Waals surface area contributed by atoms with Gasteiger partial charge in [-0.25, -0.2) is 9.13 Å². The van der Waals surface area contributed by atoms with Crippen molar-refractivity contribution < 1.29 is 80.2 Å². The second kappa shape index (κ2) is 71.7. The molecule has 588 valence electrons. The maximum atomic E-state index is 13.1. The minimum atomic E-state index is -4.96. The Morgan fingerprint density at radius 3 is 0.717 bits per heavy atom. The van der Waals surface area contributed by atoms with Gasteiger partial charge >= 0.3 is 39.5 Å². The molecule has 7 atom stereocenters. The molecule has 17 nitrogen and oxygen atoms in total. The number of esters is 4. The standard InChI is InChI=1S/C80H156O17P2/c1-7-11-13-15-17-18-19-20-21-22-23-24-25-26-27-28-33-36-39-46-52-58-64-79(84)96-76(69-91-78(83)63-57-51-45-38-35-32-30-29-31-34-37-43-48-54-60-72(5)9-3)71-95-99(88,89)93-67-74(81)66-92-98(86,87)94-70-75(68-90-77(82)62-56-50-42-16-14-12-8-2)97-80(85)65-59-53-47-41-40-44-49-55-61-73(6)10-4/h72-76,81H,7-71H2,1-6H3,(H,86,87)(H,88,89)/t72?,73?,74-,75+,76+/m0/s1. The largest absolute Gasteiger partial charge is 0.472 e. The predicted molar refractivity (Wildman–Crippen MR) is 405 cm³/mol. The van der Waals surface area contributed by atoms with Crippen molar-refractivity contribution in [3.8, 4) is 0 Å². The van der Waals surface area contributed by atoms with Gasteiger partial charge in [-0.2, -0.15) is 0 Å². The van der Waals surface area contributed by atoms with E-state index in [0.717, 1.165) is 115 Å². The number of aliphatic hydroxyl groups excluding tert-OH is 1. The lowest BCUT2D eigenvalue weighted by molar-refractivity contribution is -0.161. The van der Waals surface area contributed by atoms with Crippen molar-refractivity contribution >= 4 is 39.5 Å². The second-order valence-corrected chi connectivity index (χ2v) is 32.2. The van der Waals surface area contributed by atoms with Crippen LogP contribution in [0.3, 0.4) is 0 Å². The third-order valence-corrected chi connectivity index (χ3v) is 21.3. The van der Waals surface area contributed by atoms with Crippen molar-refractivity contribution in [2.45, 2.75) is 439 Å². The van der Waals surface area contributed by atoms with Crippen LogP contribution in [-0.2, 0) is 65.4 Å². The lowest BCUT2D eigenvalue weighted by Crippen LogP contribution is -2.30. The van der Waals surface area contributed by atoms with Gasteiger partial charge in [-0.05, 0) is 37.5 Å². The Bertz CT molecular complexity index is 1910. The smallest absolute Gasteiger partial charge is 0.462 e. The monoisotopic (exact) mass is 1450 g/mol. The zero-order valence-electron chi connectivity index (χ0n) is 64.8. The van der Waals surface area contributed by atoms with Gasteiger partial charge in [0.05, 0.1) is 26.4 Å². The summed E-state index contributed by atoms with van der Waals surface area (Å²) in [7, 11) is -9.91. The normalized spacial score (nSPS) is 14.5. The Balaban J connectivity index is 5.16. The van der Waals surface area contributed by atoms with E-state index >= 15 is 0 Å². The molecule has 0 aromatic heterocycles. The molecule has 4 unspecified atom stereocenters. The number of rotatable bonds is 79. The zero-order chi connectivity index (χ0) is 72.8. The van der Waals surface area contributed by atoms with Gasteiger partial charge in [0.2, 0.25) is 0 Å². The highest BCUT2D eigenvalue weighted by Crippen LogP contribution is 2.45. The van der Waals surface area contributed by atoms with Crippen LogP contribution in [0.15, 0.2) is 0 Å². The average Bonchev–Trinajstić information content (AvgIpc) is 1.14. The highest BCUT2D eigenvalue weighted by Gasteiger charge is 2.30. The minimum Gasteiger partial charge on any atom is -0.462 e. The number of unbranched alkanes of at least 4 members (excludes halogenated alkanes) is 47. The Hall–Kier alpha value is -1.94. The molecule has 0 saturated carbocycles. The summed E-state index contributed by atoms with van der Waals surface area (Å²) >= 11 is 0. The topological polar surface area (TPSA) is 237 Å². The number of hydrogen-bond acceptors (Lipinski definition) is 15. The van der Waals surface area contributed by atoms with E-state index in [9.17, 15) is 43.2 Å². The number of ether oxygens (including phenoxy) is 4. The summed E-state index contributed by atoms with van der Waals surface area (Å²) in [5.41, 5.74) is 0. The van der Waals surface area contributed by atoms with Crippen molar-refractivity contribution in [1.29, 1.82) is 0 Å². The van der Waals surface area contributed by atoms with E-state index in [2.05, 4.69) is 41.5 Å². The maximum absolute atomic E-state index is 13.1. The molecule has 0 aliphatic rings. The van der Waals surface area contributed by atoms with E-state index in [4.69, 9.17) is 37.0 Å². The summed E-state index contributed by atoms with van der Waals surface area (Å²) in [4.78, 5) is 72.8. The van der Waals surface area contributed by atoms with Gasteiger partial charge in [0.25, 0.3) is 0 Å². The van der Waals surface area contributed by atoms with Gasteiger partial charge in [0.15, 0.2) is 12.2 Å². The van der Waals surface area contributed by atoms with Crippen LogP contribution < -0.4 is 0 Å². The SMILES string of the molecule is CCCCCCCCCCCCCCCCCCCCCCCCC(=O)O[C@H](COC(=O)CCCCCCCCCCCCCCCCC(C)CC)COP(=O)(O)OC[C@@H](O)COP(=O)(O)OC[C@@H](COC(=O)CCCCCCCCC)OC(=O)CCCCCCCCCCC(C)CC. The summed E-state index contributed by atoms with van der Waals surface area (Å²) in [5, 5.41) is 10.6. The maximum Gasteiger partial charge on any atom is 0.472 e. The van der Waals surface area contributed by atoms with Crippen LogP contribution in [-0.4, -0.2) is 96.7 Å². The molecule has 0 amide bonds. The fourth-order valence-corrected chi connectivity index (χ4v) is 13.9. The van der Waals surface area contributed by atoms with Crippen LogP contribution in [0, 0.1) is 11.8 Å². The summed E-state index contributed by atoms with van der Waals surface area (Å²) in [6.07, 6.45) is 61.3. The molecule has 0 aromatic rings. The lowest BCUT2D eigenvalue weighted by Gasteiger charge is -2.21. The Labute approximate surface area is 607 Å². The molecule has 0 spiro atoms. The van der Waals surface area contributed by atoms with Crippen LogP contribution in [0.1, 0.15) is 420 Å². The molecular formula is C80H156O17P2. The lowest BCUT2D eigenvalue weighted by atomic mass is 9.99. The van der Waals surface area contributed by atoms with Crippen molar-refractivity contribution in [3.63, 3.8) is 0 Å². The van der Waals surface area contributed by atoms with Crippen LogP contribution in [0.5, 0.6) is 0 Å². The molecule has 0 heterocycles. The molecule has 3 N–H and O–H groups in total. The Morgan fingerprint density at radius 2 is 0.485 bits per heavy atom. The highest BCUT2D eigenvalue weighted by atomic mass is 31.2. The average molecular weight is 1450 g/mol. The molecule has 0 aliphatic carbocycles. The summed E-state index contributed by atoms with van der Waals surface area (Å²) in [6.45, 7) is 9.63. The fourth-order valence-electron chi connectivity index (χ4n) is 12.3. The van der Waals surface area contributed by atoms with E-state index in [1.807, 2.05) is 0 Å². The number of phosphoric ester groups is 2. The second-order valence-electron chi connectivity index (χ2n) is 29.3. The van der Waals surface area contributed by atoms with Gasteiger partial charge in [0, 0.05) is 25.7 Å². The van der Waals surface area contributed by atoms with Crippen molar-refractivity contribution in [1.82, 2.24) is 0 Å². The van der Waals surface area contributed by atoms with Crippen LogP contribution in [0.25, 0.3) is 0 Å². The van der Waals surface area contributed by atoms with Gasteiger partial charge in [-0.15, -0.1) is 0 Å². The molecule has 19 heteroatoms. The number of phosphoric acid groups is 2. The van der Waals surface area contributed by atoms with E-state index in [1.54, 1.807) is 0 Å². The molecular weight excluding hydrogens is 1290 g/mol. The molecule has 99 heavy (non-hydrogen) atoms. The number of carbonyl (C=O) groups excluding carboxylic acids is 4. The van der Waals surface area contributed by atoms with Gasteiger partial charge < -0.3 is 33.8 Å². The van der Waals surface area contributed by atoms with Gasteiger partial charge in [0.1, 0.15) is 19.3 Å². The van der Waals surface area contributed by atoms with E-state index in [-0.39, 0.29) is 25.7 Å². The van der Waals surface area contributed by atoms with Crippen LogP contribution >= 0.6 is 15.6 Å². The van der Waals surface area contributed by atoms with Gasteiger partial charge in [-0.1, -0.05) is 369 Å². The Morgan fingerprint density at radius 1 is 0.283 bits per heavy atom. The van der Waals surface area contributed by atoms with E-state index in [0.29, 0.717) is 25.7 Å². The summed E-state index contributed by atoms with van der Waals surface area (Å²) in [6, 6.07) is 0. The first-order valence-electron chi connectivity index (χ1n) is 41.6. The zero-order valence-corrected chi connectivity index (χ0v) is 66.6. The minimum absolute atomic E-state index is 0.105. The highest BCUT2D eigenvalue weighted by molar-refractivity contribution is 7.47. The van der Waals surface area contributed by atoms with Crippen LogP contribution in [0.2, 0.25) is 0 Å². The fraction of sp³-hybridized carbons (Fsp3) is 0.950. The van der Waals surface area contributed by atoms with Crippen molar-refractivity contribution in [2.24, 2.45) is 11.8 Å². The molecule has 0 bridgehead atoms. The molecule has 0 radical (unpaired) electrons. The first kappa shape index (κ1) is 97.1. The van der Waals surface area contributed by atoms with Gasteiger partial charge in [-0.3, -0.25) is 37.3 Å². The number of carbonyl (C=O) groups is 4. The molecule has 0 aromatic carbocycles. The third-order valence-electron chi connectivity index (χ3n) is 19.4. The molecule has 0 fully saturated rings. The first-order valence-corrected chi connectivity index (χ1v) is 44.6. The molecule has 0 aliphatic heterocycles. The summed E-state index contributed by atoms with van der Waals surface area (Å²) in [5.74, 6) is -0.498. The Kier molecular flexibility index (Phi) is 70.3. The van der Waals surface area contributed by atoms with E-state index < -0.39 is 97.5 Å². The molecule has 0 rings (SSSR count). The predicted octanol–water partition coefficient (Wildman–Crippen LogP) is 23.9. The quantitative estimate of drug-likeness (QED) is 0.0222. The van der Waals surface area contributed by atoms with Crippen molar-refractivity contribution in [3.05, 3.63) is 0 Å². The number of aliphatic hydroxyl groups is 1.